The van der Waals surface area contributed by atoms with Gasteiger partial charge in [0.05, 0.1) is 5.60 Å². The van der Waals surface area contributed by atoms with Crippen LogP contribution in [0.15, 0.2) is 0 Å². The molecular weight excluding hydrogens is 102 g/mol. The number of fused-ring (bicyclic) bond motifs is 1. The van der Waals surface area contributed by atoms with Crippen molar-refractivity contribution in [3.8, 4) is 0 Å². The number of hydrogen-bond acceptors (Lipinski definition) is 2. The van der Waals surface area contributed by atoms with Crippen LogP contribution in [0.5, 0.6) is 0 Å². The van der Waals surface area contributed by atoms with Crippen molar-refractivity contribution in [3.05, 3.63) is 0 Å². The van der Waals surface area contributed by atoms with Gasteiger partial charge in [0.2, 0.25) is 0 Å². The van der Waals surface area contributed by atoms with Crippen LogP contribution in [0.2, 0.25) is 0 Å². The Balaban J connectivity index is 2.04. The van der Waals surface area contributed by atoms with Crippen molar-refractivity contribution in [2.75, 3.05) is 13.1 Å². The summed E-state index contributed by atoms with van der Waals surface area (Å²) in [5.41, 5.74) is -0.217. The van der Waals surface area contributed by atoms with Crippen molar-refractivity contribution < 1.29 is 5.11 Å². The van der Waals surface area contributed by atoms with Gasteiger partial charge in [0.15, 0.2) is 0 Å². The van der Waals surface area contributed by atoms with Crippen molar-refractivity contribution in [2.45, 2.75) is 18.4 Å². The second-order valence-corrected chi connectivity index (χ2v) is 2.96. The van der Waals surface area contributed by atoms with E-state index in [1.54, 1.807) is 0 Å². The van der Waals surface area contributed by atoms with Crippen LogP contribution in [0, 0.1) is 5.92 Å². The normalized spacial score (nSPS) is 52.9. The van der Waals surface area contributed by atoms with Gasteiger partial charge in [0, 0.05) is 12.5 Å². The predicted molar refractivity (Wildman–Crippen MR) is 30.5 cm³/mol. The first-order valence-electron chi connectivity index (χ1n) is 3.24. The van der Waals surface area contributed by atoms with Gasteiger partial charge in [0.1, 0.15) is 0 Å². The first-order chi connectivity index (χ1) is 3.81. The maximum atomic E-state index is 9.41. The van der Waals surface area contributed by atoms with Crippen molar-refractivity contribution in [1.82, 2.24) is 5.32 Å². The molecule has 46 valence electrons. The third kappa shape index (κ3) is 0.501. The fraction of sp³-hybridized carbons (Fsp3) is 1.00. The summed E-state index contributed by atoms with van der Waals surface area (Å²) in [5, 5.41) is 12.6. The van der Waals surface area contributed by atoms with Crippen molar-refractivity contribution in [2.24, 2.45) is 5.92 Å². The van der Waals surface area contributed by atoms with Crippen LogP contribution in [0.4, 0.5) is 0 Å². The fourth-order valence-electron chi connectivity index (χ4n) is 1.52. The summed E-state index contributed by atoms with van der Waals surface area (Å²) in [6, 6.07) is 0. The first kappa shape index (κ1) is 4.77. The lowest BCUT2D eigenvalue weighted by atomic mass is 10.1. The minimum Gasteiger partial charge on any atom is -0.389 e. The van der Waals surface area contributed by atoms with Gasteiger partial charge < -0.3 is 10.4 Å². The highest BCUT2D eigenvalue weighted by molar-refractivity contribution is 5.06. The molecule has 0 aromatic carbocycles. The number of hydrogen-bond donors (Lipinski definition) is 2. The largest absolute Gasteiger partial charge is 0.389 e. The number of aliphatic hydroxyl groups is 1. The second-order valence-electron chi connectivity index (χ2n) is 2.96. The fourth-order valence-corrected chi connectivity index (χ4v) is 1.52. The predicted octanol–water partition coefficient (Wildman–Crippen LogP) is -0.269. The van der Waals surface area contributed by atoms with Crippen molar-refractivity contribution in [1.29, 1.82) is 0 Å². The molecule has 2 fully saturated rings. The summed E-state index contributed by atoms with van der Waals surface area (Å²) in [5.74, 6) is 0.594. The molecule has 1 saturated carbocycles. The molecule has 2 atom stereocenters. The lowest BCUT2D eigenvalue weighted by Crippen LogP contribution is -2.32. The van der Waals surface area contributed by atoms with Gasteiger partial charge in [0.25, 0.3) is 0 Å². The molecular formula is C6H11NO. The number of rotatable bonds is 0. The number of nitrogens with one attached hydrogen (secondary N) is 1. The maximum Gasteiger partial charge on any atom is 0.0705 e. The highest BCUT2D eigenvalue weighted by Gasteiger charge is 2.53. The molecule has 2 unspecified atom stereocenters. The van der Waals surface area contributed by atoms with E-state index in [4.69, 9.17) is 0 Å². The smallest absolute Gasteiger partial charge is 0.0705 e. The molecule has 8 heavy (non-hydrogen) atoms. The highest BCUT2D eigenvalue weighted by atomic mass is 16.3. The van der Waals surface area contributed by atoms with E-state index in [2.05, 4.69) is 5.32 Å². The van der Waals surface area contributed by atoms with E-state index in [-0.39, 0.29) is 5.60 Å². The first-order valence-corrected chi connectivity index (χ1v) is 3.24. The molecule has 1 aliphatic heterocycles. The van der Waals surface area contributed by atoms with Gasteiger partial charge in [-0.15, -0.1) is 0 Å². The average Bonchev–Trinajstić information content (AvgIpc) is 2.39. The minimum atomic E-state index is -0.217. The van der Waals surface area contributed by atoms with Crippen LogP contribution in [0.3, 0.4) is 0 Å². The third-order valence-corrected chi connectivity index (χ3v) is 2.33. The van der Waals surface area contributed by atoms with Crippen molar-refractivity contribution >= 4 is 0 Å². The molecule has 2 nitrogen and oxygen atoms in total. The molecule has 0 amide bonds. The summed E-state index contributed by atoms with van der Waals surface area (Å²) in [7, 11) is 0. The van der Waals surface area contributed by atoms with E-state index >= 15 is 0 Å². The van der Waals surface area contributed by atoms with Crippen LogP contribution >= 0.6 is 0 Å². The van der Waals surface area contributed by atoms with Gasteiger partial charge in [-0.1, -0.05) is 0 Å². The Labute approximate surface area is 48.9 Å². The zero-order valence-corrected chi connectivity index (χ0v) is 4.85. The lowest BCUT2D eigenvalue weighted by Gasteiger charge is -2.16. The second kappa shape index (κ2) is 1.25. The Hall–Kier alpha value is -0.0800. The molecule has 2 aliphatic rings. The van der Waals surface area contributed by atoms with Crippen LogP contribution in [0.1, 0.15) is 12.8 Å². The van der Waals surface area contributed by atoms with Gasteiger partial charge in [-0.2, -0.15) is 0 Å². The Morgan fingerprint density at radius 1 is 1.62 bits per heavy atom. The molecule has 2 heteroatoms. The SMILES string of the molecule is OC12CCNCC1C2. The summed E-state index contributed by atoms with van der Waals surface area (Å²) in [4.78, 5) is 0. The summed E-state index contributed by atoms with van der Waals surface area (Å²) in [6.07, 6.45) is 2.01. The average molecular weight is 113 g/mol. The molecule has 0 radical (unpaired) electrons. The van der Waals surface area contributed by atoms with Crippen LogP contribution in [-0.2, 0) is 0 Å². The van der Waals surface area contributed by atoms with E-state index < -0.39 is 0 Å². The number of piperidine rings is 1. The van der Waals surface area contributed by atoms with Crippen LogP contribution in [0.25, 0.3) is 0 Å². The standard InChI is InChI=1S/C6H11NO/c8-6-1-2-7-4-5(6)3-6/h5,7-8H,1-4H2. The molecule has 0 spiro atoms. The lowest BCUT2D eigenvalue weighted by molar-refractivity contribution is 0.108. The quantitative estimate of drug-likeness (QED) is 0.453. The monoisotopic (exact) mass is 113 g/mol. The highest BCUT2D eigenvalue weighted by Crippen LogP contribution is 2.46. The van der Waals surface area contributed by atoms with Gasteiger partial charge in [-0.3, -0.25) is 0 Å². The van der Waals surface area contributed by atoms with Gasteiger partial charge in [-0.05, 0) is 19.4 Å². The molecule has 2 N–H and O–H groups in total. The topological polar surface area (TPSA) is 32.3 Å². The third-order valence-electron chi connectivity index (χ3n) is 2.33. The Morgan fingerprint density at radius 3 is 3.00 bits per heavy atom. The maximum absolute atomic E-state index is 9.41. The molecule has 0 aromatic rings. The Bertz CT molecular complexity index is 113. The zero-order chi connectivity index (χ0) is 5.61. The summed E-state index contributed by atoms with van der Waals surface area (Å²) >= 11 is 0. The summed E-state index contributed by atoms with van der Waals surface area (Å²) < 4.78 is 0. The zero-order valence-electron chi connectivity index (χ0n) is 4.85. The van der Waals surface area contributed by atoms with E-state index in [1.165, 1.54) is 0 Å². The summed E-state index contributed by atoms with van der Waals surface area (Å²) in [6.45, 7) is 2.05. The molecule has 0 bridgehead atoms. The van der Waals surface area contributed by atoms with E-state index in [0.717, 1.165) is 25.9 Å². The van der Waals surface area contributed by atoms with E-state index in [1.807, 2.05) is 0 Å². The van der Waals surface area contributed by atoms with Crippen LogP contribution < -0.4 is 5.32 Å². The Kier molecular flexibility index (Phi) is 0.746. The van der Waals surface area contributed by atoms with Gasteiger partial charge in [-0.25, -0.2) is 0 Å². The molecule has 2 rings (SSSR count). The molecule has 1 heterocycles. The molecule has 1 aliphatic carbocycles. The Morgan fingerprint density at radius 2 is 2.50 bits per heavy atom. The van der Waals surface area contributed by atoms with E-state index in [9.17, 15) is 5.11 Å². The molecule has 1 saturated heterocycles. The van der Waals surface area contributed by atoms with Gasteiger partial charge >= 0.3 is 0 Å². The van der Waals surface area contributed by atoms with Crippen molar-refractivity contribution in [3.63, 3.8) is 0 Å². The van der Waals surface area contributed by atoms with E-state index in [0.29, 0.717) is 5.92 Å². The van der Waals surface area contributed by atoms with Crippen LogP contribution in [-0.4, -0.2) is 23.8 Å². The molecule has 0 aromatic heterocycles. The minimum absolute atomic E-state index is 0.217.